The maximum Gasteiger partial charge on any atom is 0.229 e. The lowest BCUT2D eigenvalue weighted by molar-refractivity contribution is -0.115. The third-order valence-corrected chi connectivity index (χ3v) is 4.13. The van der Waals surface area contributed by atoms with Crippen LogP contribution in [0.25, 0.3) is 0 Å². The van der Waals surface area contributed by atoms with Gasteiger partial charge >= 0.3 is 0 Å². The molecule has 0 atom stereocenters. The summed E-state index contributed by atoms with van der Waals surface area (Å²) in [7, 11) is 0. The lowest BCUT2D eigenvalue weighted by Gasteiger charge is -2.05. The van der Waals surface area contributed by atoms with E-state index in [0.29, 0.717) is 13.0 Å². The number of nitrogens with two attached hydrogens (primary N) is 1. The second-order valence-corrected chi connectivity index (χ2v) is 5.77. The van der Waals surface area contributed by atoms with Gasteiger partial charge in [0, 0.05) is 27.0 Å². The van der Waals surface area contributed by atoms with Crippen LogP contribution in [0.3, 0.4) is 0 Å². The number of benzene rings is 1. The van der Waals surface area contributed by atoms with Gasteiger partial charge in [0.25, 0.3) is 0 Å². The molecule has 3 N–H and O–H groups in total. The first kappa shape index (κ1) is 13.3. The Labute approximate surface area is 118 Å². The highest BCUT2D eigenvalue weighted by molar-refractivity contribution is 9.10. The maximum atomic E-state index is 11.8. The van der Waals surface area contributed by atoms with Crippen molar-refractivity contribution in [2.45, 2.75) is 13.0 Å². The Morgan fingerprint density at radius 3 is 2.61 bits per heavy atom. The van der Waals surface area contributed by atoms with E-state index in [9.17, 15) is 4.79 Å². The van der Waals surface area contributed by atoms with E-state index < -0.39 is 0 Å². The minimum absolute atomic E-state index is 0.00940. The first-order chi connectivity index (χ1) is 8.67. The number of nitrogens with one attached hydrogen (secondary N) is 1. The molecule has 0 aliphatic carbocycles. The van der Waals surface area contributed by atoms with Gasteiger partial charge in [-0.15, -0.1) is 11.3 Å². The van der Waals surface area contributed by atoms with Crippen LogP contribution in [-0.2, 0) is 17.8 Å². The van der Waals surface area contributed by atoms with Crippen LogP contribution in [0.1, 0.15) is 10.4 Å². The Hall–Kier alpha value is -1.17. The Kier molecular flexibility index (Phi) is 4.52. The summed E-state index contributed by atoms with van der Waals surface area (Å²) in [6.45, 7) is 0.511. The molecule has 0 aliphatic rings. The molecule has 5 heteroatoms. The van der Waals surface area contributed by atoms with Crippen molar-refractivity contribution in [1.29, 1.82) is 0 Å². The summed E-state index contributed by atoms with van der Waals surface area (Å²) >= 11 is 4.94. The Morgan fingerprint density at radius 1 is 1.33 bits per heavy atom. The Morgan fingerprint density at radius 2 is 2.06 bits per heavy atom. The molecular formula is C13H13BrN2OS. The second-order valence-electron chi connectivity index (χ2n) is 3.86. The van der Waals surface area contributed by atoms with Crippen LogP contribution in [-0.4, -0.2) is 5.91 Å². The largest absolute Gasteiger partial charge is 0.326 e. The zero-order valence-corrected chi connectivity index (χ0v) is 12.1. The van der Waals surface area contributed by atoms with Gasteiger partial charge in [-0.05, 0) is 39.7 Å². The topological polar surface area (TPSA) is 55.1 Å². The standard InChI is InChI=1S/C13H13BrN2OS/c14-10-5-12(18-8-10)6-13(17)16-11-3-1-9(7-15)2-4-11/h1-5,8H,6-7,15H2,(H,16,17). The molecule has 18 heavy (non-hydrogen) atoms. The van der Waals surface area contributed by atoms with Crippen LogP contribution >= 0.6 is 27.3 Å². The predicted molar refractivity (Wildman–Crippen MR) is 78.7 cm³/mol. The molecule has 3 nitrogen and oxygen atoms in total. The molecule has 0 radical (unpaired) electrons. The zero-order valence-electron chi connectivity index (χ0n) is 9.65. The van der Waals surface area contributed by atoms with Gasteiger partial charge in [-0.25, -0.2) is 0 Å². The highest BCUT2D eigenvalue weighted by Crippen LogP contribution is 2.20. The van der Waals surface area contributed by atoms with Crippen molar-refractivity contribution >= 4 is 38.9 Å². The van der Waals surface area contributed by atoms with Gasteiger partial charge < -0.3 is 11.1 Å². The number of hydrogen-bond acceptors (Lipinski definition) is 3. The van der Waals surface area contributed by atoms with Gasteiger partial charge in [0.15, 0.2) is 0 Å². The number of halogens is 1. The number of carbonyl (C=O) groups excluding carboxylic acids is 1. The summed E-state index contributed by atoms with van der Waals surface area (Å²) < 4.78 is 1.02. The van der Waals surface area contributed by atoms with Crippen LogP contribution < -0.4 is 11.1 Å². The molecule has 0 aliphatic heterocycles. The highest BCUT2D eigenvalue weighted by atomic mass is 79.9. The fourth-order valence-corrected chi connectivity index (χ4v) is 2.98. The minimum Gasteiger partial charge on any atom is -0.326 e. The summed E-state index contributed by atoms with van der Waals surface area (Å²) in [6, 6.07) is 9.52. The summed E-state index contributed by atoms with van der Waals surface area (Å²) in [4.78, 5) is 12.8. The van der Waals surface area contributed by atoms with Crippen molar-refractivity contribution in [1.82, 2.24) is 0 Å². The summed E-state index contributed by atoms with van der Waals surface area (Å²) in [5.41, 5.74) is 7.37. The zero-order chi connectivity index (χ0) is 13.0. The quantitative estimate of drug-likeness (QED) is 0.907. The molecule has 1 heterocycles. The van der Waals surface area contributed by atoms with E-state index >= 15 is 0 Å². The van der Waals surface area contributed by atoms with E-state index in [1.54, 1.807) is 11.3 Å². The van der Waals surface area contributed by atoms with Crippen molar-refractivity contribution in [3.8, 4) is 0 Å². The lowest BCUT2D eigenvalue weighted by Crippen LogP contribution is -2.13. The highest BCUT2D eigenvalue weighted by Gasteiger charge is 2.06. The van der Waals surface area contributed by atoms with Gasteiger partial charge in [0.2, 0.25) is 5.91 Å². The molecule has 1 aromatic heterocycles. The molecule has 94 valence electrons. The number of hydrogen-bond donors (Lipinski definition) is 2. The fraction of sp³-hybridized carbons (Fsp3) is 0.154. The molecule has 0 saturated heterocycles. The normalized spacial score (nSPS) is 10.3. The average Bonchev–Trinajstić information content (AvgIpc) is 2.75. The van der Waals surface area contributed by atoms with Gasteiger partial charge in [-0.2, -0.15) is 0 Å². The average molecular weight is 325 g/mol. The molecule has 2 rings (SSSR count). The molecule has 2 aromatic rings. The molecular weight excluding hydrogens is 312 g/mol. The van der Waals surface area contributed by atoms with Gasteiger partial charge in [0.1, 0.15) is 0 Å². The van der Waals surface area contributed by atoms with E-state index in [1.807, 2.05) is 35.7 Å². The summed E-state index contributed by atoms with van der Waals surface area (Å²) in [5.74, 6) is -0.00940. The SMILES string of the molecule is NCc1ccc(NC(=O)Cc2cc(Br)cs2)cc1. The van der Waals surface area contributed by atoms with Crippen LogP contribution in [0.4, 0.5) is 5.69 Å². The molecule has 0 bridgehead atoms. The van der Waals surface area contributed by atoms with E-state index in [0.717, 1.165) is 20.6 Å². The summed E-state index contributed by atoms with van der Waals surface area (Å²) in [6.07, 6.45) is 0.398. The molecule has 0 spiro atoms. The van der Waals surface area contributed by atoms with E-state index in [1.165, 1.54) is 0 Å². The number of anilines is 1. The van der Waals surface area contributed by atoms with Crippen LogP contribution in [0, 0.1) is 0 Å². The first-order valence-electron chi connectivity index (χ1n) is 5.49. The molecule has 1 amide bonds. The third kappa shape index (κ3) is 3.66. The number of thiophene rings is 1. The number of amides is 1. The van der Waals surface area contributed by atoms with E-state index in [-0.39, 0.29) is 5.91 Å². The molecule has 0 unspecified atom stereocenters. The molecule has 1 aromatic carbocycles. The third-order valence-electron chi connectivity index (χ3n) is 2.43. The predicted octanol–water partition coefficient (Wildman–Crippen LogP) is 3.15. The fourth-order valence-electron chi connectivity index (χ4n) is 1.53. The number of rotatable bonds is 4. The van der Waals surface area contributed by atoms with Crippen LogP contribution in [0.2, 0.25) is 0 Å². The number of carbonyl (C=O) groups is 1. The molecule has 0 fully saturated rings. The minimum atomic E-state index is -0.00940. The Balaban J connectivity index is 1.94. The first-order valence-corrected chi connectivity index (χ1v) is 7.16. The molecule has 0 saturated carbocycles. The van der Waals surface area contributed by atoms with Crippen molar-refractivity contribution < 1.29 is 4.79 Å². The smallest absolute Gasteiger partial charge is 0.229 e. The van der Waals surface area contributed by atoms with Crippen molar-refractivity contribution in [2.24, 2.45) is 5.73 Å². The van der Waals surface area contributed by atoms with Gasteiger partial charge in [-0.3, -0.25) is 4.79 Å². The van der Waals surface area contributed by atoms with E-state index in [2.05, 4.69) is 21.2 Å². The van der Waals surface area contributed by atoms with Gasteiger partial charge in [0.05, 0.1) is 6.42 Å². The lowest BCUT2D eigenvalue weighted by atomic mass is 10.2. The van der Waals surface area contributed by atoms with Crippen LogP contribution in [0.15, 0.2) is 40.2 Å². The van der Waals surface area contributed by atoms with Gasteiger partial charge in [-0.1, -0.05) is 12.1 Å². The van der Waals surface area contributed by atoms with Crippen LogP contribution in [0.5, 0.6) is 0 Å². The monoisotopic (exact) mass is 324 g/mol. The van der Waals surface area contributed by atoms with Crippen molar-refractivity contribution in [3.63, 3.8) is 0 Å². The maximum absolute atomic E-state index is 11.8. The Bertz CT molecular complexity index is 536. The van der Waals surface area contributed by atoms with Crippen molar-refractivity contribution in [2.75, 3.05) is 5.32 Å². The summed E-state index contributed by atoms with van der Waals surface area (Å²) in [5, 5.41) is 4.83. The van der Waals surface area contributed by atoms with Crippen molar-refractivity contribution in [3.05, 3.63) is 50.6 Å². The second kappa shape index (κ2) is 6.13. The van der Waals surface area contributed by atoms with E-state index in [4.69, 9.17) is 5.73 Å².